The van der Waals surface area contributed by atoms with Crippen molar-refractivity contribution in [3.8, 4) is 0 Å². The van der Waals surface area contributed by atoms with Gasteiger partial charge in [-0.2, -0.15) is 0 Å². The molecule has 0 saturated carbocycles. The molecule has 1 heterocycles. The third-order valence-corrected chi connectivity index (χ3v) is 3.55. The molecule has 0 atom stereocenters. The van der Waals surface area contributed by atoms with Crippen molar-refractivity contribution in [1.29, 1.82) is 0 Å². The highest BCUT2D eigenvalue weighted by Gasteiger charge is 2.16. The summed E-state index contributed by atoms with van der Waals surface area (Å²) in [5, 5.41) is 13.2. The molecule has 0 spiro atoms. The lowest BCUT2D eigenvalue weighted by atomic mass is 10.2. The molecule has 2 N–H and O–H groups in total. The number of amides is 1. The first-order chi connectivity index (χ1) is 12.4. The Labute approximate surface area is 150 Å². The van der Waals surface area contributed by atoms with Crippen molar-refractivity contribution in [3.63, 3.8) is 0 Å². The van der Waals surface area contributed by atoms with Crippen LogP contribution in [0.25, 0.3) is 0 Å². The lowest BCUT2D eigenvalue weighted by molar-refractivity contribution is 0.102. The van der Waals surface area contributed by atoms with Crippen LogP contribution in [-0.4, -0.2) is 16.1 Å². The summed E-state index contributed by atoms with van der Waals surface area (Å²) in [6.07, 6.45) is 0. The number of halogens is 4. The molecule has 0 bridgehead atoms. The zero-order chi connectivity index (χ0) is 18.7. The van der Waals surface area contributed by atoms with Gasteiger partial charge in [-0.3, -0.25) is 4.79 Å². The Bertz CT molecular complexity index is 949. The summed E-state index contributed by atoms with van der Waals surface area (Å²) < 4.78 is 39.7. The topological polar surface area (TPSA) is 66.9 Å². The van der Waals surface area contributed by atoms with Crippen molar-refractivity contribution in [2.75, 3.05) is 10.6 Å². The van der Waals surface area contributed by atoms with Crippen molar-refractivity contribution in [3.05, 3.63) is 76.7 Å². The molecular weight excluding hydrogens is 369 g/mol. The van der Waals surface area contributed by atoms with Crippen LogP contribution in [0.3, 0.4) is 0 Å². The molecule has 0 aliphatic carbocycles. The van der Waals surface area contributed by atoms with Gasteiger partial charge in [0.15, 0.2) is 29.0 Å². The second-order valence-electron chi connectivity index (χ2n) is 5.11. The van der Waals surface area contributed by atoms with Gasteiger partial charge in [0.2, 0.25) is 0 Å². The van der Waals surface area contributed by atoms with Gasteiger partial charge in [0.1, 0.15) is 0 Å². The average Bonchev–Trinajstić information content (AvgIpc) is 2.64. The summed E-state index contributed by atoms with van der Waals surface area (Å²) in [6, 6.07) is 11.3. The maximum atomic E-state index is 13.6. The smallest absolute Gasteiger partial charge is 0.276 e. The Hall–Kier alpha value is -3.13. The first kappa shape index (κ1) is 17.7. The van der Waals surface area contributed by atoms with Crippen LogP contribution in [0.2, 0.25) is 5.02 Å². The number of benzene rings is 2. The summed E-state index contributed by atoms with van der Waals surface area (Å²) >= 11 is 5.80. The van der Waals surface area contributed by atoms with Crippen molar-refractivity contribution in [1.82, 2.24) is 10.2 Å². The van der Waals surface area contributed by atoms with E-state index in [1.54, 1.807) is 24.3 Å². The zero-order valence-electron chi connectivity index (χ0n) is 12.9. The standard InChI is InChI=1S/C17H10ClF3N4O/c18-9-1-3-10(4-2-9)22-14-8-7-13(24-25-14)17(26)23-12-6-5-11(19)15(20)16(12)21/h1-8H,(H,22,25)(H,23,26). The molecule has 0 unspecified atom stereocenters. The van der Waals surface area contributed by atoms with E-state index in [1.807, 2.05) is 0 Å². The van der Waals surface area contributed by atoms with Crippen molar-refractivity contribution >= 4 is 34.7 Å². The molecule has 0 aliphatic heterocycles. The number of rotatable bonds is 4. The molecule has 0 fully saturated rings. The quantitative estimate of drug-likeness (QED) is 0.654. The van der Waals surface area contributed by atoms with Crippen molar-refractivity contribution < 1.29 is 18.0 Å². The summed E-state index contributed by atoms with van der Waals surface area (Å²) in [7, 11) is 0. The van der Waals surface area contributed by atoms with Gasteiger partial charge in [0.05, 0.1) is 5.69 Å². The molecule has 1 aromatic heterocycles. The molecular formula is C17H10ClF3N4O. The minimum Gasteiger partial charge on any atom is -0.339 e. The van der Waals surface area contributed by atoms with E-state index in [4.69, 9.17) is 11.6 Å². The maximum absolute atomic E-state index is 13.6. The fourth-order valence-corrected chi connectivity index (χ4v) is 2.14. The van der Waals surface area contributed by atoms with E-state index < -0.39 is 29.0 Å². The minimum absolute atomic E-state index is 0.129. The second kappa shape index (κ2) is 7.40. The number of anilines is 3. The number of hydrogen-bond donors (Lipinski definition) is 2. The summed E-state index contributed by atoms with van der Waals surface area (Å²) in [5.41, 5.74) is 0.0830. The van der Waals surface area contributed by atoms with Gasteiger partial charge in [-0.25, -0.2) is 13.2 Å². The number of nitrogens with one attached hydrogen (secondary N) is 2. The molecule has 1 amide bonds. The third-order valence-electron chi connectivity index (χ3n) is 3.30. The van der Waals surface area contributed by atoms with E-state index in [1.165, 1.54) is 12.1 Å². The summed E-state index contributed by atoms with van der Waals surface area (Å²) in [5.74, 6) is -4.97. The lowest BCUT2D eigenvalue weighted by Crippen LogP contribution is -2.16. The minimum atomic E-state index is -1.67. The van der Waals surface area contributed by atoms with Gasteiger partial charge in [-0.05, 0) is 48.5 Å². The molecule has 26 heavy (non-hydrogen) atoms. The lowest BCUT2D eigenvalue weighted by Gasteiger charge is -2.08. The fourth-order valence-electron chi connectivity index (χ4n) is 2.01. The highest BCUT2D eigenvalue weighted by atomic mass is 35.5. The van der Waals surface area contributed by atoms with Gasteiger partial charge in [-0.1, -0.05) is 11.6 Å². The van der Waals surface area contributed by atoms with Gasteiger partial charge < -0.3 is 10.6 Å². The molecule has 3 aromatic rings. The van der Waals surface area contributed by atoms with Crippen LogP contribution in [0.4, 0.5) is 30.4 Å². The molecule has 3 rings (SSSR count). The number of carbonyl (C=O) groups is 1. The normalized spacial score (nSPS) is 10.5. The van der Waals surface area contributed by atoms with E-state index in [2.05, 4.69) is 20.8 Å². The first-order valence-electron chi connectivity index (χ1n) is 7.25. The van der Waals surface area contributed by atoms with Crippen LogP contribution >= 0.6 is 11.6 Å². The van der Waals surface area contributed by atoms with E-state index in [0.29, 0.717) is 22.6 Å². The van der Waals surface area contributed by atoms with Crippen LogP contribution < -0.4 is 10.6 Å². The van der Waals surface area contributed by atoms with Gasteiger partial charge in [0, 0.05) is 10.7 Å². The Morgan fingerprint density at radius 2 is 1.62 bits per heavy atom. The zero-order valence-corrected chi connectivity index (χ0v) is 13.7. The first-order valence-corrected chi connectivity index (χ1v) is 7.63. The molecule has 0 aliphatic rings. The van der Waals surface area contributed by atoms with Crippen LogP contribution in [0.5, 0.6) is 0 Å². The maximum Gasteiger partial charge on any atom is 0.276 e. The fraction of sp³-hybridized carbons (Fsp3) is 0. The predicted molar refractivity (Wildman–Crippen MR) is 91.0 cm³/mol. The number of nitrogens with zero attached hydrogens (tertiary/aromatic N) is 2. The third kappa shape index (κ3) is 3.92. The van der Waals surface area contributed by atoms with Crippen LogP contribution in [0.15, 0.2) is 48.5 Å². The van der Waals surface area contributed by atoms with Crippen LogP contribution in [-0.2, 0) is 0 Å². The van der Waals surface area contributed by atoms with Crippen molar-refractivity contribution in [2.24, 2.45) is 0 Å². The highest BCUT2D eigenvalue weighted by molar-refractivity contribution is 6.30. The predicted octanol–water partition coefficient (Wildman–Crippen LogP) is 4.54. The Kier molecular flexibility index (Phi) is 5.04. The Morgan fingerprint density at radius 1 is 0.885 bits per heavy atom. The van der Waals surface area contributed by atoms with Gasteiger partial charge in [0.25, 0.3) is 5.91 Å². The van der Waals surface area contributed by atoms with Crippen LogP contribution in [0.1, 0.15) is 10.5 Å². The number of carbonyl (C=O) groups excluding carboxylic acids is 1. The number of aromatic nitrogens is 2. The van der Waals surface area contributed by atoms with E-state index >= 15 is 0 Å². The Morgan fingerprint density at radius 3 is 2.27 bits per heavy atom. The largest absolute Gasteiger partial charge is 0.339 e. The second-order valence-corrected chi connectivity index (χ2v) is 5.55. The highest BCUT2D eigenvalue weighted by Crippen LogP contribution is 2.20. The number of hydrogen-bond acceptors (Lipinski definition) is 4. The molecule has 5 nitrogen and oxygen atoms in total. The molecule has 9 heteroatoms. The summed E-state index contributed by atoms with van der Waals surface area (Å²) in [4.78, 5) is 12.0. The van der Waals surface area contributed by atoms with Crippen molar-refractivity contribution in [2.45, 2.75) is 0 Å². The van der Waals surface area contributed by atoms with E-state index in [0.717, 1.165) is 6.07 Å². The van der Waals surface area contributed by atoms with E-state index in [-0.39, 0.29) is 5.69 Å². The molecule has 0 radical (unpaired) electrons. The monoisotopic (exact) mass is 378 g/mol. The molecule has 0 saturated heterocycles. The summed E-state index contributed by atoms with van der Waals surface area (Å²) in [6.45, 7) is 0. The molecule has 132 valence electrons. The molecule has 2 aromatic carbocycles. The SMILES string of the molecule is O=C(Nc1ccc(F)c(F)c1F)c1ccc(Nc2ccc(Cl)cc2)nn1. The van der Waals surface area contributed by atoms with Gasteiger partial charge >= 0.3 is 0 Å². The average molecular weight is 379 g/mol. The van der Waals surface area contributed by atoms with Crippen LogP contribution in [0, 0.1) is 17.5 Å². The van der Waals surface area contributed by atoms with Gasteiger partial charge in [-0.15, -0.1) is 10.2 Å². The van der Waals surface area contributed by atoms with E-state index in [9.17, 15) is 18.0 Å². The Balaban J connectivity index is 1.71.